The highest BCUT2D eigenvalue weighted by atomic mass is 16.5. The molecule has 5 heteroatoms. The van der Waals surface area contributed by atoms with E-state index in [9.17, 15) is 4.79 Å². The highest BCUT2D eigenvalue weighted by Gasteiger charge is 2.08. The summed E-state index contributed by atoms with van der Waals surface area (Å²) in [7, 11) is 3.11. The second-order valence-electron chi connectivity index (χ2n) is 3.36. The molecular formula is C12H12N2O3. The van der Waals surface area contributed by atoms with E-state index in [1.807, 2.05) is 0 Å². The first-order valence-corrected chi connectivity index (χ1v) is 5.01. The van der Waals surface area contributed by atoms with Crippen molar-refractivity contribution < 1.29 is 9.47 Å². The average molecular weight is 232 g/mol. The van der Waals surface area contributed by atoms with Crippen LogP contribution in [-0.4, -0.2) is 24.2 Å². The average Bonchev–Trinajstić information content (AvgIpc) is 2.38. The summed E-state index contributed by atoms with van der Waals surface area (Å²) in [6.07, 6.45) is 2.87. The minimum atomic E-state index is -0.188. The number of ether oxygens (including phenoxy) is 2. The molecule has 2 rings (SSSR count). The fraction of sp³-hybridized carbons (Fsp3) is 0.167. The molecule has 0 spiro atoms. The molecule has 0 bridgehead atoms. The van der Waals surface area contributed by atoms with Crippen molar-refractivity contribution in [3.05, 3.63) is 41.1 Å². The summed E-state index contributed by atoms with van der Waals surface area (Å²) < 4.78 is 10.3. The first-order valence-electron chi connectivity index (χ1n) is 5.01. The van der Waals surface area contributed by atoms with E-state index in [-0.39, 0.29) is 5.56 Å². The van der Waals surface area contributed by atoms with Crippen LogP contribution < -0.4 is 15.0 Å². The van der Waals surface area contributed by atoms with Gasteiger partial charge in [-0.2, -0.15) is 0 Å². The molecule has 2 aromatic rings. The fourth-order valence-corrected chi connectivity index (χ4v) is 1.55. The van der Waals surface area contributed by atoms with Crippen LogP contribution in [0, 0.1) is 0 Å². The lowest BCUT2D eigenvalue weighted by Crippen LogP contribution is -2.08. The summed E-state index contributed by atoms with van der Waals surface area (Å²) in [5.41, 5.74) is 1.04. The Kier molecular flexibility index (Phi) is 3.09. The Labute approximate surface area is 98.0 Å². The van der Waals surface area contributed by atoms with Crippen LogP contribution >= 0.6 is 0 Å². The quantitative estimate of drug-likeness (QED) is 0.870. The van der Waals surface area contributed by atoms with E-state index < -0.39 is 0 Å². The number of benzene rings is 1. The summed E-state index contributed by atoms with van der Waals surface area (Å²) in [5.74, 6) is 1.20. The van der Waals surface area contributed by atoms with Crippen molar-refractivity contribution in [2.75, 3.05) is 14.2 Å². The number of hydrogen-bond acceptors (Lipinski definition) is 4. The maximum absolute atomic E-state index is 11.6. The van der Waals surface area contributed by atoms with Gasteiger partial charge in [0, 0.05) is 6.20 Å². The van der Waals surface area contributed by atoms with Crippen molar-refractivity contribution in [2.24, 2.45) is 0 Å². The van der Waals surface area contributed by atoms with Crippen molar-refractivity contribution in [1.29, 1.82) is 0 Å². The highest BCUT2D eigenvalue weighted by molar-refractivity contribution is 5.65. The Morgan fingerprint density at radius 2 is 1.94 bits per heavy atom. The number of aromatic amines is 1. The van der Waals surface area contributed by atoms with Gasteiger partial charge in [-0.15, -0.1) is 0 Å². The molecule has 0 unspecified atom stereocenters. The third-order valence-corrected chi connectivity index (χ3v) is 2.41. The molecule has 0 saturated heterocycles. The molecule has 1 aromatic heterocycles. The molecule has 0 aliphatic heterocycles. The van der Waals surface area contributed by atoms with Gasteiger partial charge in [-0.25, -0.2) is 4.98 Å². The largest absolute Gasteiger partial charge is 0.493 e. The minimum Gasteiger partial charge on any atom is -0.493 e. The molecule has 0 amide bonds. The van der Waals surface area contributed by atoms with E-state index in [0.717, 1.165) is 5.56 Å². The van der Waals surface area contributed by atoms with Gasteiger partial charge in [-0.3, -0.25) is 4.79 Å². The lowest BCUT2D eigenvalue weighted by molar-refractivity contribution is 0.355. The molecule has 1 N–H and O–H groups in total. The summed E-state index contributed by atoms with van der Waals surface area (Å²) >= 11 is 0. The predicted octanol–water partition coefficient (Wildman–Crippen LogP) is 1.45. The summed E-state index contributed by atoms with van der Waals surface area (Å²) in [6, 6.07) is 5.28. The number of hydrogen-bond donors (Lipinski definition) is 1. The van der Waals surface area contributed by atoms with E-state index >= 15 is 0 Å². The number of methoxy groups -OCH3 is 2. The number of H-pyrrole nitrogens is 1. The van der Waals surface area contributed by atoms with E-state index in [1.54, 1.807) is 32.4 Å². The van der Waals surface area contributed by atoms with Crippen LogP contribution in [0.5, 0.6) is 11.5 Å². The smallest absolute Gasteiger partial charge is 0.258 e. The molecule has 88 valence electrons. The zero-order chi connectivity index (χ0) is 12.3. The monoisotopic (exact) mass is 232 g/mol. The lowest BCUT2D eigenvalue weighted by atomic mass is 10.1. The van der Waals surface area contributed by atoms with Gasteiger partial charge in [-0.05, 0) is 17.7 Å². The molecule has 0 radical (unpaired) electrons. The fourth-order valence-electron chi connectivity index (χ4n) is 1.55. The molecule has 0 fully saturated rings. The Morgan fingerprint density at radius 1 is 1.18 bits per heavy atom. The van der Waals surface area contributed by atoms with Crippen molar-refractivity contribution in [3.8, 4) is 22.6 Å². The Balaban J connectivity index is 2.54. The van der Waals surface area contributed by atoms with Gasteiger partial charge in [0.2, 0.25) is 0 Å². The Hall–Kier alpha value is -2.30. The Bertz CT molecular complexity index is 578. The zero-order valence-electron chi connectivity index (χ0n) is 9.56. The van der Waals surface area contributed by atoms with Crippen molar-refractivity contribution >= 4 is 0 Å². The second-order valence-corrected chi connectivity index (χ2v) is 3.36. The van der Waals surface area contributed by atoms with Crippen molar-refractivity contribution in [2.45, 2.75) is 0 Å². The van der Waals surface area contributed by atoms with Gasteiger partial charge in [-0.1, -0.05) is 6.07 Å². The van der Waals surface area contributed by atoms with Gasteiger partial charge in [0.05, 0.1) is 26.1 Å². The molecular weight excluding hydrogens is 220 g/mol. The van der Waals surface area contributed by atoms with E-state index in [1.165, 1.54) is 12.5 Å². The van der Waals surface area contributed by atoms with Gasteiger partial charge >= 0.3 is 0 Å². The second kappa shape index (κ2) is 4.69. The van der Waals surface area contributed by atoms with E-state index in [2.05, 4.69) is 9.97 Å². The van der Waals surface area contributed by atoms with Crippen LogP contribution in [0.25, 0.3) is 11.1 Å². The topological polar surface area (TPSA) is 64.2 Å². The molecule has 1 heterocycles. The third kappa shape index (κ3) is 2.13. The third-order valence-electron chi connectivity index (χ3n) is 2.41. The predicted molar refractivity (Wildman–Crippen MR) is 63.4 cm³/mol. The van der Waals surface area contributed by atoms with Crippen molar-refractivity contribution in [3.63, 3.8) is 0 Å². The summed E-state index contributed by atoms with van der Waals surface area (Å²) in [6.45, 7) is 0. The Morgan fingerprint density at radius 3 is 2.59 bits per heavy atom. The van der Waals surface area contributed by atoms with Gasteiger partial charge < -0.3 is 14.5 Å². The zero-order valence-corrected chi connectivity index (χ0v) is 9.56. The first kappa shape index (κ1) is 11.2. The first-order chi connectivity index (χ1) is 8.26. The molecule has 17 heavy (non-hydrogen) atoms. The molecule has 0 aliphatic carbocycles. The standard InChI is InChI=1S/C12H12N2O3/c1-16-10-4-3-8(5-11(10)17-2)9-6-13-7-14-12(9)15/h3-7H,1-2H3,(H,13,14,15). The van der Waals surface area contributed by atoms with E-state index in [4.69, 9.17) is 9.47 Å². The lowest BCUT2D eigenvalue weighted by Gasteiger charge is -2.08. The minimum absolute atomic E-state index is 0.188. The van der Waals surface area contributed by atoms with Gasteiger partial charge in [0.25, 0.3) is 5.56 Å². The normalized spacial score (nSPS) is 10.0. The summed E-state index contributed by atoms with van der Waals surface area (Å²) in [5, 5.41) is 0. The van der Waals surface area contributed by atoms with Crippen LogP contribution in [0.1, 0.15) is 0 Å². The molecule has 0 atom stereocenters. The van der Waals surface area contributed by atoms with Crippen LogP contribution in [0.4, 0.5) is 0 Å². The van der Waals surface area contributed by atoms with E-state index in [0.29, 0.717) is 17.1 Å². The number of nitrogens with one attached hydrogen (secondary N) is 1. The number of rotatable bonds is 3. The molecule has 1 aromatic carbocycles. The van der Waals surface area contributed by atoms with Crippen LogP contribution in [0.3, 0.4) is 0 Å². The maximum atomic E-state index is 11.6. The van der Waals surface area contributed by atoms with Gasteiger partial charge in [0.1, 0.15) is 0 Å². The van der Waals surface area contributed by atoms with Crippen molar-refractivity contribution in [1.82, 2.24) is 9.97 Å². The summed E-state index contributed by atoms with van der Waals surface area (Å²) in [4.78, 5) is 18.0. The SMILES string of the molecule is COc1ccc(-c2cnc[nH]c2=O)cc1OC. The molecule has 5 nitrogen and oxygen atoms in total. The van der Waals surface area contributed by atoms with Crippen LogP contribution in [0.2, 0.25) is 0 Å². The molecule has 0 aliphatic rings. The number of nitrogens with zero attached hydrogens (tertiary/aromatic N) is 1. The van der Waals surface area contributed by atoms with Crippen LogP contribution in [-0.2, 0) is 0 Å². The maximum Gasteiger partial charge on any atom is 0.258 e. The van der Waals surface area contributed by atoms with Crippen LogP contribution in [0.15, 0.2) is 35.5 Å². The number of aromatic nitrogens is 2. The molecule has 0 saturated carbocycles. The van der Waals surface area contributed by atoms with Gasteiger partial charge in [0.15, 0.2) is 11.5 Å². The highest BCUT2D eigenvalue weighted by Crippen LogP contribution is 2.30.